The molecule has 0 N–H and O–H groups in total. The van der Waals surface area contributed by atoms with E-state index >= 15 is 0 Å². The largest absolute Gasteiger partial charge is 0.103 e. The predicted octanol–water partition coefficient (Wildman–Crippen LogP) is 5.31. The molecule has 0 bridgehead atoms. The van der Waals surface area contributed by atoms with E-state index in [0.29, 0.717) is 0 Å². The van der Waals surface area contributed by atoms with Crippen molar-refractivity contribution in [1.82, 2.24) is 0 Å². The van der Waals surface area contributed by atoms with Gasteiger partial charge in [-0.25, -0.2) is 0 Å². The number of benzene rings is 1. The lowest BCUT2D eigenvalue weighted by Gasteiger charge is -2.33. The van der Waals surface area contributed by atoms with Crippen molar-refractivity contribution in [3.63, 3.8) is 0 Å². The summed E-state index contributed by atoms with van der Waals surface area (Å²) in [6.07, 6.45) is 3.00. The Morgan fingerprint density at radius 2 is 1.61 bits per heavy atom. The van der Waals surface area contributed by atoms with Crippen molar-refractivity contribution in [2.75, 3.05) is 0 Å². The van der Waals surface area contributed by atoms with E-state index in [1.165, 1.54) is 11.1 Å². The average molecular weight is 275 g/mol. The van der Waals surface area contributed by atoms with Crippen molar-refractivity contribution in [3.05, 3.63) is 54.2 Å². The maximum Gasteiger partial charge on any atom is 0.0649 e. The van der Waals surface area contributed by atoms with Crippen LogP contribution in [-0.2, 0) is 0 Å². The maximum absolute atomic E-state index is 3.90. The molecule has 1 rings (SSSR count). The van der Waals surface area contributed by atoms with Crippen molar-refractivity contribution in [2.45, 2.75) is 39.2 Å². The van der Waals surface area contributed by atoms with Crippen LogP contribution in [0.1, 0.15) is 12.0 Å². The van der Waals surface area contributed by atoms with Crippen LogP contribution in [0.3, 0.4) is 0 Å². The second-order valence-corrected chi connectivity index (χ2v) is 23.1. The zero-order chi connectivity index (χ0) is 13.8. The molecule has 1 aromatic carbocycles. The van der Waals surface area contributed by atoms with Crippen LogP contribution in [0.15, 0.2) is 48.7 Å². The quantitative estimate of drug-likeness (QED) is 0.504. The molecule has 0 unspecified atom stereocenters. The van der Waals surface area contributed by atoms with Crippen molar-refractivity contribution >= 4 is 20.8 Å². The topological polar surface area (TPSA) is 0 Å². The van der Waals surface area contributed by atoms with Crippen LogP contribution in [0.25, 0.3) is 5.57 Å². The minimum atomic E-state index is -1.26. The van der Waals surface area contributed by atoms with E-state index < -0.39 is 15.2 Å². The zero-order valence-electron chi connectivity index (χ0n) is 12.5. The second-order valence-electron chi connectivity index (χ2n) is 6.50. The highest BCUT2D eigenvalue weighted by Crippen LogP contribution is 2.27. The van der Waals surface area contributed by atoms with Gasteiger partial charge in [0.25, 0.3) is 0 Å². The molecule has 0 saturated carbocycles. The molecule has 1 aromatic rings. The summed E-state index contributed by atoms with van der Waals surface area (Å²) >= 11 is 0. The van der Waals surface area contributed by atoms with Gasteiger partial charge < -0.3 is 0 Å². The van der Waals surface area contributed by atoms with Gasteiger partial charge in [0.2, 0.25) is 0 Å². The Morgan fingerprint density at radius 1 is 1.06 bits per heavy atom. The Labute approximate surface area is 114 Å². The number of hydrogen-bond donors (Lipinski definition) is 0. The van der Waals surface area contributed by atoms with E-state index in [9.17, 15) is 0 Å². The van der Waals surface area contributed by atoms with Gasteiger partial charge in [-0.3, -0.25) is 0 Å². The lowest BCUT2D eigenvalue weighted by molar-refractivity contribution is 1.40. The SMILES string of the molecule is C=CCC(=C[Si](C)(C)[Si](C)(C)C)c1ccccc1. The summed E-state index contributed by atoms with van der Waals surface area (Å²) in [5, 5.41) is 0. The average Bonchev–Trinajstić information content (AvgIpc) is 2.28. The highest BCUT2D eigenvalue weighted by Gasteiger charge is 2.34. The third-order valence-corrected chi connectivity index (χ3v) is 20.9. The molecule has 0 saturated heterocycles. The normalized spacial score (nSPS) is 13.5. The van der Waals surface area contributed by atoms with Gasteiger partial charge in [-0.15, -0.1) is 6.58 Å². The monoisotopic (exact) mass is 274 g/mol. The molecular weight excluding hydrogens is 248 g/mol. The van der Waals surface area contributed by atoms with E-state index in [1.54, 1.807) is 0 Å². The van der Waals surface area contributed by atoms with Gasteiger partial charge in [-0.05, 0) is 17.6 Å². The Morgan fingerprint density at radius 3 is 2.06 bits per heavy atom. The molecule has 0 radical (unpaired) electrons. The van der Waals surface area contributed by atoms with Crippen molar-refractivity contribution in [3.8, 4) is 0 Å². The summed E-state index contributed by atoms with van der Waals surface area (Å²) in [6, 6.07) is 10.7. The standard InChI is InChI=1S/C16H26Si2/c1-7-11-16(15-12-9-8-10-13-15)14-18(5,6)17(2,3)4/h7-10,12-14H,1,11H2,2-6H3. The minimum Gasteiger partial charge on any atom is -0.103 e. The Kier molecular flexibility index (Phi) is 4.94. The fourth-order valence-electron chi connectivity index (χ4n) is 1.72. The molecule has 2 heteroatoms. The highest BCUT2D eigenvalue weighted by molar-refractivity contribution is 7.42. The van der Waals surface area contributed by atoms with Gasteiger partial charge in [-0.2, -0.15) is 0 Å². The Bertz CT molecular complexity index is 422. The molecule has 18 heavy (non-hydrogen) atoms. The zero-order valence-corrected chi connectivity index (χ0v) is 14.5. The van der Waals surface area contributed by atoms with Crippen LogP contribution >= 0.6 is 0 Å². The maximum atomic E-state index is 3.90. The third kappa shape index (κ3) is 3.82. The summed E-state index contributed by atoms with van der Waals surface area (Å²) < 4.78 is 0. The van der Waals surface area contributed by atoms with Crippen molar-refractivity contribution in [1.29, 1.82) is 0 Å². The van der Waals surface area contributed by atoms with E-state index in [-0.39, 0.29) is 0 Å². The number of rotatable bonds is 5. The molecule has 0 spiro atoms. The molecule has 0 aliphatic rings. The molecule has 0 nitrogen and oxygen atoms in total. The van der Waals surface area contributed by atoms with E-state index in [1.807, 2.05) is 6.08 Å². The molecular formula is C16H26Si2. The first-order valence-corrected chi connectivity index (χ1v) is 14.2. The van der Waals surface area contributed by atoms with Crippen LogP contribution < -0.4 is 0 Å². The van der Waals surface area contributed by atoms with Crippen LogP contribution in [0.5, 0.6) is 0 Å². The fourth-order valence-corrected chi connectivity index (χ4v) is 5.13. The highest BCUT2D eigenvalue weighted by atomic mass is 29.3. The van der Waals surface area contributed by atoms with Gasteiger partial charge >= 0.3 is 0 Å². The van der Waals surface area contributed by atoms with Crippen LogP contribution in [0.4, 0.5) is 0 Å². The lowest BCUT2D eigenvalue weighted by atomic mass is 10.1. The molecule has 98 valence electrons. The summed E-state index contributed by atoms with van der Waals surface area (Å²) in [7, 11) is -2.34. The second kappa shape index (κ2) is 5.85. The molecule has 0 aliphatic heterocycles. The first-order valence-electron chi connectivity index (χ1n) is 6.66. The fraction of sp³-hybridized carbons (Fsp3) is 0.375. The minimum absolute atomic E-state index is 0.977. The molecule has 0 aromatic heterocycles. The van der Waals surface area contributed by atoms with Gasteiger partial charge in [0, 0.05) is 7.59 Å². The summed E-state index contributed by atoms with van der Waals surface area (Å²) in [5.74, 6) is 0. The number of allylic oxidation sites excluding steroid dienone is 2. The van der Waals surface area contributed by atoms with E-state index in [4.69, 9.17) is 0 Å². The third-order valence-electron chi connectivity index (χ3n) is 3.98. The molecule has 0 atom stereocenters. The van der Waals surface area contributed by atoms with Gasteiger partial charge in [0.05, 0.1) is 7.59 Å². The van der Waals surface area contributed by atoms with Crippen molar-refractivity contribution < 1.29 is 0 Å². The Balaban J connectivity index is 3.18. The van der Waals surface area contributed by atoms with E-state index in [2.05, 4.69) is 75.3 Å². The van der Waals surface area contributed by atoms with Gasteiger partial charge in [-0.1, -0.05) is 74.8 Å². The van der Waals surface area contributed by atoms with Gasteiger partial charge in [0.15, 0.2) is 0 Å². The first-order chi connectivity index (χ1) is 8.28. The lowest BCUT2D eigenvalue weighted by Crippen LogP contribution is -2.51. The smallest absolute Gasteiger partial charge is 0.0649 e. The summed E-state index contributed by atoms with van der Waals surface area (Å²) in [4.78, 5) is 0. The molecule has 0 amide bonds. The summed E-state index contributed by atoms with van der Waals surface area (Å²) in [6.45, 7) is 16.4. The first kappa shape index (κ1) is 15.2. The molecule has 0 fully saturated rings. The van der Waals surface area contributed by atoms with Gasteiger partial charge in [0.1, 0.15) is 0 Å². The van der Waals surface area contributed by atoms with Crippen LogP contribution in [0, 0.1) is 0 Å². The number of hydrogen-bond acceptors (Lipinski definition) is 0. The van der Waals surface area contributed by atoms with E-state index in [0.717, 1.165) is 6.42 Å². The Hall–Kier alpha value is -0.866. The molecule has 0 aliphatic carbocycles. The van der Waals surface area contributed by atoms with Crippen LogP contribution in [0.2, 0.25) is 32.7 Å². The van der Waals surface area contributed by atoms with Crippen molar-refractivity contribution in [2.24, 2.45) is 0 Å². The van der Waals surface area contributed by atoms with Crippen LogP contribution in [-0.4, -0.2) is 15.2 Å². The summed E-state index contributed by atoms with van der Waals surface area (Å²) in [5.41, 5.74) is 5.43. The predicted molar refractivity (Wildman–Crippen MR) is 90.1 cm³/mol. The molecule has 0 heterocycles.